The van der Waals surface area contributed by atoms with E-state index >= 15 is 0 Å². The van der Waals surface area contributed by atoms with Gasteiger partial charge in [0.15, 0.2) is 5.52 Å². The molecule has 7 nitrogen and oxygen atoms in total. The van der Waals surface area contributed by atoms with E-state index in [0.29, 0.717) is 5.39 Å². The zero-order valence-electron chi connectivity index (χ0n) is 7.95. The number of rotatable bonds is 1. The average Bonchev–Trinajstić information content (AvgIpc) is 2.60. The highest BCUT2D eigenvalue weighted by Crippen LogP contribution is 2.23. The van der Waals surface area contributed by atoms with Gasteiger partial charge in [-0.3, -0.25) is 15.5 Å². The van der Waals surface area contributed by atoms with E-state index in [9.17, 15) is 10.1 Å². The van der Waals surface area contributed by atoms with Gasteiger partial charge in [-0.25, -0.2) is 4.68 Å². The number of nitro benzene ring substituents is 1. The van der Waals surface area contributed by atoms with Crippen molar-refractivity contribution in [3.63, 3.8) is 0 Å². The number of non-ortho nitro benzene ring substituents is 1. The van der Waals surface area contributed by atoms with Crippen molar-refractivity contribution >= 4 is 35.0 Å². The Morgan fingerprint density at radius 2 is 2.25 bits per heavy atom. The highest BCUT2D eigenvalue weighted by molar-refractivity contribution is 5.90. The van der Waals surface area contributed by atoms with E-state index in [4.69, 9.17) is 11.1 Å². The number of nitrogen functional groups attached to an aromatic ring is 1. The first-order chi connectivity index (χ1) is 7.09. The fraction of sp³-hybridized carbons (Fsp3) is 0. The summed E-state index contributed by atoms with van der Waals surface area (Å²) < 4.78 is 1.09. The summed E-state index contributed by atoms with van der Waals surface area (Å²) in [7, 11) is 0. The van der Waals surface area contributed by atoms with E-state index in [1.807, 2.05) is 0 Å². The summed E-state index contributed by atoms with van der Waals surface area (Å²) in [6.45, 7) is 0. The van der Waals surface area contributed by atoms with Gasteiger partial charge >= 0.3 is 0 Å². The van der Waals surface area contributed by atoms with Crippen LogP contribution in [0.1, 0.15) is 0 Å². The summed E-state index contributed by atoms with van der Waals surface area (Å²) in [5.41, 5.74) is 5.36. The van der Waals surface area contributed by atoms with Gasteiger partial charge in [0.2, 0.25) is 5.96 Å². The summed E-state index contributed by atoms with van der Waals surface area (Å²) in [4.78, 5) is 10.2. The van der Waals surface area contributed by atoms with E-state index in [0.717, 1.165) is 4.68 Å². The Morgan fingerprint density at radius 1 is 1.56 bits per heavy atom. The lowest BCUT2D eigenvalue weighted by molar-refractivity contribution is -0.383. The first-order valence-electron chi connectivity index (χ1n) is 4.07. The number of nitrogens with zero attached hydrogens (tertiary/aromatic N) is 3. The Morgan fingerprint density at radius 3 is 2.81 bits per heavy atom. The predicted octanol–water partition coefficient (Wildman–Crippen LogP) is 1.11. The lowest BCUT2D eigenvalue weighted by Crippen LogP contribution is -2.20. The molecule has 0 bridgehead atoms. The van der Waals surface area contributed by atoms with Gasteiger partial charge in [-0.1, -0.05) is 12.1 Å². The molecule has 0 spiro atoms. The largest absolute Gasteiger partial charge is 0.368 e. The Kier molecular flexibility index (Phi) is 3.09. The Hall–Kier alpha value is -2.15. The summed E-state index contributed by atoms with van der Waals surface area (Å²) in [5.74, 6) is -0.277. The quantitative estimate of drug-likeness (QED) is 0.337. The number of nitrogens with two attached hydrogens (primary N) is 1. The number of hydrogen-bond donors (Lipinski definition) is 2. The van der Waals surface area contributed by atoms with E-state index in [1.165, 1.54) is 12.3 Å². The van der Waals surface area contributed by atoms with Gasteiger partial charge < -0.3 is 5.73 Å². The third kappa shape index (κ3) is 1.80. The van der Waals surface area contributed by atoms with E-state index < -0.39 is 4.92 Å². The van der Waals surface area contributed by atoms with E-state index in [-0.39, 0.29) is 29.6 Å². The van der Waals surface area contributed by atoms with Crippen LogP contribution in [0, 0.1) is 15.5 Å². The van der Waals surface area contributed by atoms with Gasteiger partial charge in [-0.2, -0.15) is 5.10 Å². The number of nitro groups is 1. The predicted molar refractivity (Wildman–Crippen MR) is 60.9 cm³/mol. The number of aromatic nitrogens is 2. The molecule has 84 valence electrons. The second-order valence-corrected chi connectivity index (χ2v) is 2.93. The van der Waals surface area contributed by atoms with Crippen molar-refractivity contribution in [2.45, 2.75) is 0 Å². The molecule has 0 aliphatic heterocycles. The number of fused-ring (bicyclic) bond motifs is 1. The molecule has 3 N–H and O–H groups in total. The Labute approximate surface area is 95.9 Å². The van der Waals surface area contributed by atoms with Gasteiger partial charge in [0, 0.05) is 17.6 Å². The van der Waals surface area contributed by atoms with Crippen LogP contribution in [0.5, 0.6) is 0 Å². The fourth-order valence-electron chi connectivity index (χ4n) is 1.30. The molecule has 0 aliphatic rings. The molecular formula is C8H8ClN5O2. The summed E-state index contributed by atoms with van der Waals surface area (Å²) in [5, 5.41) is 22.3. The van der Waals surface area contributed by atoms with Crippen molar-refractivity contribution in [3.05, 3.63) is 34.5 Å². The average molecular weight is 242 g/mol. The van der Waals surface area contributed by atoms with Gasteiger partial charge in [0.05, 0.1) is 4.92 Å². The number of halogens is 1. The van der Waals surface area contributed by atoms with Crippen LogP contribution in [0.15, 0.2) is 24.4 Å². The van der Waals surface area contributed by atoms with Gasteiger partial charge in [-0.05, 0) is 0 Å². The minimum absolute atomic E-state index is 0. The number of benzene rings is 1. The molecule has 0 atom stereocenters. The van der Waals surface area contributed by atoms with Crippen molar-refractivity contribution in [2.75, 3.05) is 0 Å². The second-order valence-electron chi connectivity index (χ2n) is 2.93. The van der Waals surface area contributed by atoms with Gasteiger partial charge in [0.1, 0.15) is 0 Å². The van der Waals surface area contributed by atoms with Crippen LogP contribution < -0.4 is 5.73 Å². The van der Waals surface area contributed by atoms with Crippen LogP contribution in [0.25, 0.3) is 10.9 Å². The maximum absolute atomic E-state index is 10.7. The maximum Gasteiger partial charge on any atom is 0.297 e. The molecule has 0 saturated heterocycles. The molecule has 1 heterocycles. The monoisotopic (exact) mass is 241 g/mol. The van der Waals surface area contributed by atoms with Crippen LogP contribution in [0.3, 0.4) is 0 Å². The normalized spacial score (nSPS) is 9.75. The highest BCUT2D eigenvalue weighted by Gasteiger charge is 2.14. The van der Waals surface area contributed by atoms with E-state index in [1.54, 1.807) is 12.1 Å². The molecule has 2 aromatic rings. The number of nitrogens with one attached hydrogen (secondary N) is 1. The topological polar surface area (TPSA) is 111 Å². The molecule has 16 heavy (non-hydrogen) atoms. The molecule has 1 aromatic carbocycles. The molecule has 8 heteroatoms. The van der Waals surface area contributed by atoms with Crippen LogP contribution >= 0.6 is 12.4 Å². The summed E-state index contributed by atoms with van der Waals surface area (Å²) in [6.07, 6.45) is 1.48. The molecule has 2 rings (SSSR count). The number of hydrogen-bond acceptors (Lipinski definition) is 4. The molecule has 0 radical (unpaired) electrons. The minimum atomic E-state index is -0.514. The molecule has 0 unspecified atom stereocenters. The van der Waals surface area contributed by atoms with Crippen molar-refractivity contribution in [1.82, 2.24) is 9.78 Å². The first-order valence-corrected chi connectivity index (χ1v) is 4.07. The van der Waals surface area contributed by atoms with Crippen molar-refractivity contribution in [1.29, 1.82) is 5.41 Å². The van der Waals surface area contributed by atoms with Crippen LogP contribution in [-0.2, 0) is 0 Å². The maximum atomic E-state index is 10.7. The molecule has 1 aromatic heterocycles. The zero-order valence-corrected chi connectivity index (χ0v) is 8.77. The SMILES string of the molecule is Cl.N=C(N)n1cc2cccc([N+](=O)[O-])c2n1. The van der Waals surface area contributed by atoms with Crippen molar-refractivity contribution < 1.29 is 4.92 Å². The second kappa shape index (κ2) is 4.15. The van der Waals surface area contributed by atoms with Crippen LogP contribution in [0.4, 0.5) is 5.69 Å². The first kappa shape index (κ1) is 11.9. The fourth-order valence-corrected chi connectivity index (χ4v) is 1.30. The lowest BCUT2D eigenvalue weighted by Gasteiger charge is -1.92. The van der Waals surface area contributed by atoms with Crippen molar-refractivity contribution in [3.8, 4) is 0 Å². The van der Waals surface area contributed by atoms with Gasteiger partial charge in [0.25, 0.3) is 5.69 Å². The van der Waals surface area contributed by atoms with Crippen LogP contribution in [-0.4, -0.2) is 20.7 Å². The van der Waals surface area contributed by atoms with Crippen LogP contribution in [0.2, 0.25) is 0 Å². The lowest BCUT2D eigenvalue weighted by atomic mass is 10.2. The summed E-state index contributed by atoms with van der Waals surface area (Å²) >= 11 is 0. The molecule has 0 aliphatic carbocycles. The smallest absolute Gasteiger partial charge is 0.297 e. The molecule has 0 amide bonds. The minimum Gasteiger partial charge on any atom is -0.368 e. The molecular weight excluding hydrogens is 234 g/mol. The van der Waals surface area contributed by atoms with E-state index in [2.05, 4.69) is 5.10 Å². The third-order valence-electron chi connectivity index (χ3n) is 1.96. The molecule has 0 saturated carbocycles. The van der Waals surface area contributed by atoms with Gasteiger partial charge in [-0.15, -0.1) is 12.4 Å². The zero-order chi connectivity index (χ0) is 11.0. The standard InChI is InChI=1S/C8H7N5O2.ClH/c9-8(10)12-4-5-2-1-3-6(13(14)15)7(5)11-12;/h1-4H,(H3,9,10);1H. The third-order valence-corrected chi connectivity index (χ3v) is 1.96. The Bertz CT molecular complexity index is 565. The summed E-state index contributed by atoms with van der Waals surface area (Å²) in [6, 6.07) is 4.60. The van der Waals surface area contributed by atoms with Crippen molar-refractivity contribution in [2.24, 2.45) is 5.73 Å². The Balaban J connectivity index is 0.00000128. The highest BCUT2D eigenvalue weighted by atomic mass is 35.5. The molecule has 0 fully saturated rings.